The van der Waals surface area contributed by atoms with Crippen LogP contribution in [0.25, 0.3) is 0 Å². The molecule has 1 heterocycles. The van der Waals surface area contributed by atoms with Gasteiger partial charge in [0.05, 0.1) is 0 Å². The van der Waals surface area contributed by atoms with E-state index in [2.05, 4.69) is 17.4 Å². The summed E-state index contributed by atoms with van der Waals surface area (Å²) in [5, 5.41) is 3.64. The molecule has 1 aliphatic heterocycles. The van der Waals surface area contributed by atoms with Crippen molar-refractivity contribution in [1.29, 1.82) is 0 Å². The first kappa shape index (κ1) is 23.3. The zero-order chi connectivity index (χ0) is 22.4. The number of halogens is 2. The molecule has 1 saturated heterocycles. The smallest absolute Gasteiger partial charge is 0.245 e. The van der Waals surface area contributed by atoms with Crippen LogP contribution in [0.5, 0.6) is 0 Å². The summed E-state index contributed by atoms with van der Waals surface area (Å²) in [4.78, 5) is 27.5. The molecule has 1 unspecified atom stereocenters. The Labute approximate surface area is 188 Å². The van der Waals surface area contributed by atoms with Gasteiger partial charge in [0.1, 0.15) is 11.9 Å². The van der Waals surface area contributed by atoms with E-state index in [1.54, 1.807) is 12.1 Å². The van der Waals surface area contributed by atoms with E-state index in [-0.39, 0.29) is 30.0 Å². The first-order valence-electron chi connectivity index (χ1n) is 10.9. The van der Waals surface area contributed by atoms with E-state index < -0.39 is 6.04 Å². The zero-order valence-corrected chi connectivity index (χ0v) is 18.9. The third-order valence-corrected chi connectivity index (χ3v) is 6.18. The minimum absolute atomic E-state index is 0.0143. The van der Waals surface area contributed by atoms with Crippen molar-refractivity contribution < 1.29 is 14.0 Å². The van der Waals surface area contributed by atoms with Gasteiger partial charge in [0.15, 0.2) is 0 Å². The van der Waals surface area contributed by atoms with E-state index in [4.69, 9.17) is 11.6 Å². The van der Waals surface area contributed by atoms with Crippen molar-refractivity contribution in [2.24, 2.45) is 5.92 Å². The topological polar surface area (TPSA) is 49.4 Å². The van der Waals surface area contributed by atoms with Gasteiger partial charge in [0.25, 0.3) is 0 Å². The Morgan fingerprint density at radius 2 is 1.81 bits per heavy atom. The average molecular weight is 445 g/mol. The Balaban J connectivity index is 1.53. The second kappa shape index (κ2) is 10.8. The molecule has 2 aromatic rings. The Kier molecular flexibility index (Phi) is 8.08. The van der Waals surface area contributed by atoms with Crippen LogP contribution in [0.15, 0.2) is 48.5 Å². The van der Waals surface area contributed by atoms with Crippen molar-refractivity contribution >= 4 is 23.4 Å². The largest absolute Gasteiger partial charge is 0.344 e. The fourth-order valence-electron chi connectivity index (χ4n) is 4.07. The molecule has 0 aliphatic carbocycles. The molecule has 0 radical (unpaired) electrons. The summed E-state index contributed by atoms with van der Waals surface area (Å²) in [7, 11) is 0. The highest BCUT2D eigenvalue weighted by molar-refractivity contribution is 6.30. The summed E-state index contributed by atoms with van der Waals surface area (Å²) in [5.41, 5.74) is 2.02. The number of aryl methyl sites for hydroxylation is 1. The number of hydrogen-bond acceptors (Lipinski definition) is 2. The average Bonchev–Trinajstić information content (AvgIpc) is 2.76. The number of amides is 2. The first-order valence-corrected chi connectivity index (χ1v) is 11.3. The van der Waals surface area contributed by atoms with Crippen LogP contribution in [0.3, 0.4) is 0 Å². The number of carbonyl (C=O) groups is 2. The van der Waals surface area contributed by atoms with Gasteiger partial charge < -0.3 is 10.2 Å². The Hall–Kier alpha value is -2.40. The van der Waals surface area contributed by atoms with Gasteiger partial charge in [0.2, 0.25) is 11.8 Å². The van der Waals surface area contributed by atoms with E-state index >= 15 is 0 Å². The molecule has 1 fully saturated rings. The SMILES string of the molecule is CC(C)C(NC(=O)CCc1cccc(F)c1)C(=O)N1CCC(c2ccc(Cl)cc2)CC1. The molecule has 166 valence electrons. The summed E-state index contributed by atoms with van der Waals surface area (Å²) >= 11 is 5.98. The Bertz CT molecular complexity index is 893. The molecule has 0 spiro atoms. The highest BCUT2D eigenvalue weighted by Gasteiger charge is 2.31. The number of rotatable bonds is 7. The number of benzene rings is 2. The van der Waals surface area contributed by atoms with Crippen LogP contribution >= 0.6 is 11.6 Å². The van der Waals surface area contributed by atoms with Crippen LogP contribution in [-0.4, -0.2) is 35.8 Å². The molecule has 0 bridgehead atoms. The predicted octanol–water partition coefficient (Wildman–Crippen LogP) is 4.96. The van der Waals surface area contributed by atoms with Crippen molar-refractivity contribution in [2.45, 2.75) is 51.5 Å². The van der Waals surface area contributed by atoms with Gasteiger partial charge in [-0.05, 0) is 66.5 Å². The number of hydrogen-bond donors (Lipinski definition) is 1. The minimum Gasteiger partial charge on any atom is -0.344 e. The summed E-state index contributed by atoms with van der Waals surface area (Å²) in [6.07, 6.45) is 2.45. The molecule has 4 nitrogen and oxygen atoms in total. The molecule has 2 aromatic carbocycles. The van der Waals surface area contributed by atoms with Gasteiger partial charge in [-0.3, -0.25) is 9.59 Å². The van der Waals surface area contributed by atoms with Crippen LogP contribution in [0.2, 0.25) is 5.02 Å². The number of piperidine rings is 1. The molecule has 31 heavy (non-hydrogen) atoms. The molecular formula is C25H30ClFN2O2. The number of nitrogens with one attached hydrogen (secondary N) is 1. The summed E-state index contributed by atoms with van der Waals surface area (Å²) < 4.78 is 13.3. The maximum atomic E-state index is 13.3. The van der Waals surface area contributed by atoms with E-state index in [9.17, 15) is 14.0 Å². The van der Waals surface area contributed by atoms with Crippen LogP contribution < -0.4 is 5.32 Å². The number of nitrogens with zero attached hydrogens (tertiary/aromatic N) is 1. The third-order valence-electron chi connectivity index (χ3n) is 5.93. The lowest BCUT2D eigenvalue weighted by Gasteiger charge is -2.35. The fraction of sp³-hybridized carbons (Fsp3) is 0.440. The molecule has 1 atom stereocenters. The maximum Gasteiger partial charge on any atom is 0.245 e. The maximum absolute atomic E-state index is 13.3. The Morgan fingerprint density at radius 3 is 2.42 bits per heavy atom. The van der Waals surface area contributed by atoms with Crippen LogP contribution in [0.1, 0.15) is 50.2 Å². The normalized spacial score (nSPS) is 15.7. The quantitative estimate of drug-likeness (QED) is 0.656. The van der Waals surface area contributed by atoms with Gasteiger partial charge in [-0.2, -0.15) is 0 Å². The second-order valence-electron chi connectivity index (χ2n) is 8.57. The highest BCUT2D eigenvalue weighted by atomic mass is 35.5. The van der Waals surface area contributed by atoms with E-state index in [1.165, 1.54) is 17.7 Å². The van der Waals surface area contributed by atoms with E-state index in [1.807, 2.05) is 30.9 Å². The summed E-state index contributed by atoms with van der Waals surface area (Å²) in [6.45, 7) is 5.23. The predicted molar refractivity (Wildman–Crippen MR) is 121 cm³/mol. The molecular weight excluding hydrogens is 415 g/mol. The van der Waals surface area contributed by atoms with Gasteiger partial charge in [-0.1, -0.05) is 49.7 Å². The van der Waals surface area contributed by atoms with Crippen molar-refractivity contribution in [3.63, 3.8) is 0 Å². The minimum atomic E-state index is -0.549. The van der Waals surface area contributed by atoms with Gasteiger partial charge in [-0.15, -0.1) is 0 Å². The second-order valence-corrected chi connectivity index (χ2v) is 9.01. The van der Waals surface area contributed by atoms with Crippen LogP contribution in [0, 0.1) is 11.7 Å². The summed E-state index contributed by atoms with van der Waals surface area (Å²) in [5.74, 6) is -0.120. The lowest BCUT2D eigenvalue weighted by Crippen LogP contribution is -2.52. The molecule has 0 aromatic heterocycles. The van der Waals surface area contributed by atoms with Crippen molar-refractivity contribution in [3.8, 4) is 0 Å². The molecule has 0 saturated carbocycles. The fourth-order valence-corrected chi connectivity index (χ4v) is 4.20. The number of carbonyl (C=O) groups excluding carboxylic acids is 2. The zero-order valence-electron chi connectivity index (χ0n) is 18.1. The van der Waals surface area contributed by atoms with Crippen molar-refractivity contribution in [1.82, 2.24) is 10.2 Å². The van der Waals surface area contributed by atoms with Crippen LogP contribution in [0.4, 0.5) is 4.39 Å². The summed E-state index contributed by atoms with van der Waals surface area (Å²) in [6, 6.07) is 13.6. The third kappa shape index (κ3) is 6.54. The monoisotopic (exact) mass is 444 g/mol. The molecule has 1 aliphatic rings. The van der Waals surface area contributed by atoms with Gasteiger partial charge >= 0.3 is 0 Å². The van der Waals surface area contributed by atoms with Crippen molar-refractivity contribution in [3.05, 3.63) is 70.5 Å². The molecule has 6 heteroatoms. The molecule has 2 amide bonds. The standard InChI is InChI=1S/C25H30ClFN2O2/c1-17(2)24(28-23(30)11-6-18-4-3-5-22(27)16-18)25(31)29-14-12-20(13-15-29)19-7-9-21(26)10-8-19/h3-5,7-10,16-17,20,24H,6,11-15H2,1-2H3,(H,28,30). The highest BCUT2D eigenvalue weighted by Crippen LogP contribution is 2.29. The molecule has 1 N–H and O–H groups in total. The number of likely N-dealkylation sites (tertiary alicyclic amines) is 1. The first-order chi connectivity index (χ1) is 14.8. The van der Waals surface area contributed by atoms with Gasteiger partial charge in [0, 0.05) is 24.5 Å². The van der Waals surface area contributed by atoms with Crippen LogP contribution in [-0.2, 0) is 16.0 Å². The van der Waals surface area contributed by atoms with Gasteiger partial charge in [-0.25, -0.2) is 4.39 Å². The lowest BCUT2D eigenvalue weighted by molar-refractivity contribution is -0.138. The Morgan fingerprint density at radius 1 is 1.13 bits per heavy atom. The van der Waals surface area contributed by atoms with E-state index in [0.29, 0.717) is 25.4 Å². The molecule has 3 rings (SSSR count). The van der Waals surface area contributed by atoms with E-state index in [0.717, 1.165) is 23.4 Å². The lowest BCUT2D eigenvalue weighted by atomic mass is 9.89. The van der Waals surface area contributed by atoms with Crippen molar-refractivity contribution in [2.75, 3.05) is 13.1 Å².